The van der Waals surface area contributed by atoms with E-state index in [-0.39, 0.29) is 21.7 Å². The Bertz CT molecular complexity index is 637. The predicted molar refractivity (Wildman–Crippen MR) is 84.2 cm³/mol. The van der Waals surface area contributed by atoms with E-state index in [0.29, 0.717) is 0 Å². The number of rotatable bonds is 3. The van der Waals surface area contributed by atoms with Crippen molar-refractivity contribution in [3.05, 3.63) is 60.2 Å². The Morgan fingerprint density at radius 2 is 1.57 bits per heavy atom. The lowest BCUT2D eigenvalue weighted by Crippen LogP contribution is -2.03. The van der Waals surface area contributed by atoms with Crippen molar-refractivity contribution in [3.8, 4) is 0 Å². The van der Waals surface area contributed by atoms with E-state index in [1.54, 1.807) is 12.1 Å². The van der Waals surface area contributed by atoms with Gasteiger partial charge in [-0.25, -0.2) is 8.42 Å². The number of aryl methyl sites for hydroxylation is 1. The lowest BCUT2D eigenvalue weighted by atomic mass is 10.2. The summed E-state index contributed by atoms with van der Waals surface area (Å²) < 4.78 is 31.2. The second-order valence-electron chi connectivity index (χ2n) is 4.35. The van der Waals surface area contributed by atoms with Crippen LogP contribution in [0.1, 0.15) is 5.56 Å². The second kappa shape index (κ2) is 8.19. The molecule has 0 amide bonds. The van der Waals surface area contributed by atoms with Crippen LogP contribution in [0.4, 0.5) is 0 Å². The highest BCUT2D eigenvalue weighted by Crippen LogP contribution is 2.09. The summed E-state index contributed by atoms with van der Waals surface area (Å²) in [6.07, 6.45) is 2.04. The van der Waals surface area contributed by atoms with E-state index in [0.717, 1.165) is 5.56 Å². The molecule has 1 N–H and O–H groups in total. The molecule has 0 aliphatic carbocycles. The van der Waals surface area contributed by atoms with Crippen molar-refractivity contribution >= 4 is 21.0 Å². The molecule has 114 valence electrons. The highest BCUT2D eigenvalue weighted by Gasteiger charge is 2.10. The molecule has 21 heavy (non-hydrogen) atoms. The highest BCUT2D eigenvalue weighted by molar-refractivity contribution is 7.96. The molecular formula is C15H18O4S2. The quantitative estimate of drug-likeness (QED) is 0.692. The van der Waals surface area contributed by atoms with Gasteiger partial charge >= 0.3 is 0 Å². The lowest BCUT2D eigenvalue weighted by molar-refractivity contribution is 0.372. The standard InChI is InChI=1S/C8H11OS.C7H8O3S/c1-10(7-9)8-5-3-2-4-6-8;1-6-2-4-7(5-3-6)11(8,9)10/h2-6,9H,7H2,1H3;2-5H,1H3,(H,8,9,10)/q+1;/p-1. The molecule has 0 fully saturated rings. The molecule has 4 nitrogen and oxygen atoms in total. The first-order valence-electron chi connectivity index (χ1n) is 6.15. The lowest BCUT2D eigenvalue weighted by Gasteiger charge is -2.05. The van der Waals surface area contributed by atoms with Crippen LogP contribution in [0.2, 0.25) is 0 Å². The zero-order valence-corrected chi connectivity index (χ0v) is 13.5. The molecule has 0 aromatic heterocycles. The average molecular weight is 326 g/mol. The second-order valence-corrected chi connectivity index (χ2v) is 7.73. The zero-order valence-electron chi connectivity index (χ0n) is 11.9. The Morgan fingerprint density at radius 3 is 2.00 bits per heavy atom. The predicted octanol–water partition coefficient (Wildman–Crippen LogP) is 2.14. The summed E-state index contributed by atoms with van der Waals surface area (Å²) in [4.78, 5) is 1.05. The van der Waals surface area contributed by atoms with Gasteiger partial charge in [0.05, 0.1) is 4.90 Å². The van der Waals surface area contributed by atoms with Gasteiger partial charge in [0.15, 0.2) is 4.90 Å². The topological polar surface area (TPSA) is 77.4 Å². The third kappa shape index (κ3) is 6.31. The molecule has 1 unspecified atom stereocenters. The first-order chi connectivity index (χ1) is 9.84. The van der Waals surface area contributed by atoms with Crippen molar-refractivity contribution < 1.29 is 18.1 Å². The molecule has 0 saturated carbocycles. The molecule has 2 aromatic carbocycles. The van der Waals surface area contributed by atoms with Crippen LogP contribution < -0.4 is 0 Å². The zero-order chi connectivity index (χ0) is 15.9. The Labute approximate surface area is 128 Å². The SMILES string of the molecule is C[S+](CO)c1ccccc1.Cc1ccc(S(=O)(=O)[O-])cc1. The largest absolute Gasteiger partial charge is 0.744 e. The third-order valence-electron chi connectivity index (χ3n) is 2.65. The van der Waals surface area contributed by atoms with E-state index in [4.69, 9.17) is 5.11 Å². The summed E-state index contributed by atoms with van der Waals surface area (Å²) in [5, 5.41) is 8.80. The smallest absolute Gasteiger partial charge is 0.210 e. The number of aliphatic hydroxyl groups excluding tert-OH is 1. The minimum Gasteiger partial charge on any atom is -0.744 e. The van der Waals surface area contributed by atoms with Crippen LogP contribution in [0.25, 0.3) is 0 Å². The molecule has 2 rings (SSSR count). The summed E-state index contributed by atoms with van der Waals surface area (Å²) >= 11 is 0. The van der Waals surface area contributed by atoms with Gasteiger partial charge in [-0.3, -0.25) is 0 Å². The van der Waals surface area contributed by atoms with Gasteiger partial charge in [-0.2, -0.15) is 0 Å². The molecule has 0 aliphatic heterocycles. The molecule has 0 saturated heterocycles. The first kappa shape index (κ1) is 17.7. The van der Waals surface area contributed by atoms with E-state index >= 15 is 0 Å². The fraction of sp³-hybridized carbons (Fsp3) is 0.200. The van der Waals surface area contributed by atoms with Crippen LogP contribution in [0.15, 0.2) is 64.4 Å². The molecule has 0 aliphatic rings. The van der Waals surface area contributed by atoms with Gasteiger partial charge in [-0.1, -0.05) is 35.9 Å². The summed E-state index contributed by atoms with van der Waals surface area (Å²) in [6, 6.07) is 15.8. The van der Waals surface area contributed by atoms with Crippen LogP contribution in [0.3, 0.4) is 0 Å². The molecule has 6 heteroatoms. The maximum absolute atomic E-state index is 10.4. The highest BCUT2D eigenvalue weighted by atomic mass is 32.2. The fourth-order valence-electron chi connectivity index (χ4n) is 1.43. The number of aliphatic hydroxyl groups is 1. The van der Waals surface area contributed by atoms with Crippen molar-refractivity contribution in [2.45, 2.75) is 16.7 Å². The molecule has 0 radical (unpaired) electrons. The summed E-state index contributed by atoms with van der Waals surface area (Å²) in [6.45, 7) is 1.82. The molecule has 0 spiro atoms. The van der Waals surface area contributed by atoms with E-state index in [1.807, 2.05) is 43.5 Å². The first-order valence-corrected chi connectivity index (χ1v) is 9.36. The van der Waals surface area contributed by atoms with Gasteiger partial charge in [0.2, 0.25) is 5.94 Å². The van der Waals surface area contributed by atoms with Crippen molar-refractivity contribution in [1.29, 1.82) is 0 Å². The Morgan fingerprint density at radius 1 is 1.05 bits per heavy atom. The minimum atomic E-state index is -4.27. The Balaban J connectivity index is 0.000000211. The molecular weight excluding hydrogens is 308 g/mol. The molecule has 2 aromatic rings. The van der Waals surface area contributed by atoms with Crippen LogP contribution in [-0.2, 0) is 21.0 Å². The molecule has 1 atom stereocenters. The number of benzene rings is 2. The Kier molecular flexibility index (Phi) is 6.91. The van der Waals surface area contributed by atoms with Gasteiger partial charge in [0, 0.05) is 10.9 Å². The van der Waals surface area contributed by atoms with Crippen LogP contribution in [0, 0.1) is 6.92 Å². The van der Waals surface area contributed by atoms with Crippen molar-refractivity contribution in [1.82, 2.24) is 0 Å². The monoisotopic (exact) mass is 326 g/mol. The maximum atomic E-state index is 10.4. The van der Waals surface area contributed by atoms with Crippen molar-refractivity contribution in [2.75, 3.05) is 12.2 Å². The van der Waals surface area contributed by atoms with Gasteiger partial charge in [0.25, 0.3) is 0 Å². The minimum absolute atomic E-state index is 0.0152. The van der Waals surface area contributed by atoms with E-state index in [9.17, 15) is 13.0 Å². The average Bonchev–Trinajstić information content (AvgIpc) is 2.47. The van der Waals surface area contributed by atoms with E-state index in [2.05, 4.69) is 0 Å². The molecule has 0 bridgehead atoms. The summed E-state index contributed by atoms with van der Waals surface area (Å²) in [7, 11) is -4.25. The fourth-order valence-corrected chi connectivity index (χ4v) is 2.67. The summed E-state index contributed by atoms with van der Waals surface area (Å²) in [5.74, 6) is 0.254. The van der Waals surface area contributed by atoms with Crippen molar-refractivity contribution in [2.24, 2.45) is 0 Å². The van der Waals surface area contributed by atoms with Crippen LogP contribution >= 0.6 is 0 Å². The number of hydrogen-bond acceptors (Lipinski definition) is 4. The maximum Gasteiger partial charge on any atom is 0.210 e. The van der Waals surface area contributed by atoms with Crippen LogP contribution in [-0.4, -0.2) is 30.3 Å². The van der Waals surface area contributed by atoms with Gasteiger partial charge in [-0.15, -0.1) is 0 Å². The van der Waals surface area contributed by atoms with E-state index in [1.165, 1.54) is 17.0 Å². The Hall–Kier alpha value is -1.34. The molecule has 0 heterocycles. The van der Waals surface area contributed by atoms with E-state index < -0.39 is 10.1 Å². The normalized spacial score (nSPS) is 12.2. The van der Waals surface area contributed by atoms with Gasteiger partial charge in [0.1, 0.15) is 16.4 Å². The summed E-state index contributed by atoms with van der Waals surface area (Å²) in [5.41, 5.74) is 0.928. The van der Waals surface area contributed by atoms with Gasteiger partial charge in [-0.05, 0) is 31.2 Å². The van der Waals surface area contributed by atoms with Crippen LogP contribution in [0.5, 0.6) is 0 Å². The van der Waals surface area contributed by atoms with Crippen molar-refractivity contribution in [3.63, 3.8) is 0 Å². The number of hydrogen-bond donors (Lipinski definition) is 1. The third-order valence-corrected chi connectivity index (χ3v) is 4.96. The van der Waals surface area contributed by atoms with Gasteiger partial charge < -0.3 is 9.66 Å².